The largest absolute Gasteiger partial charge is 0.324 e. The molecular weight excluding hydrogens is 459 g/mol. The van der Waals surface area contributed by atoms with Gasteiger partial charge in [0.1, 0.15) is 17.1 Å². The van der Waals surface area contributed by atoms with Gasteiger partial charge in [-0.25, -0.2) is 19.3 Å². The number of carbonyl (C=O) groups is 1. The monoisotopic (exact) mass is 474 g/mol. The average Bonchev–Trinajstić information content (AvgIpc) is 3.54. The number of hydrogen-bond donors (Lipinski definition) is 1. The lowest BCUT2D eigenvalue weighted by Gasteiger charge is -2.35. The van der Waals surface area contributed by atoms with Crippen molar-refractivity contribution in [2.75, 3.05) is 28.2 Å². The molecule has 0 saturated heterocycles. The van der Waals surface area contributed by atoms with E-state index >= 15 is 0 Å². The normalized spacial score (nSPS) is 14.6. The minimum atomic E-state index is -0.614. The molecule has 2 aliphatic heterocycles. The number of nitrogens with zero attached hydrogens (tertiary/aromatic N) is 7. The quantitative estimate of drug-likeness (QED) is 0.480. The maximum Gasteiger partial charge on any atom is 0.270 e. The molecule has 0 bridgehead atoms. The molecule has 2 aromatic heterocycles. The SMILES string of the molecule is O=C1c2cnc(Nc3ccc(-n4ccnc4)cc3)nc2N2CCN=C2N1c1c(F)cccc1Cl. The van der Waals surface area contributed by atoms with Crippen LogP contribution in [0, 0.1) is 5.82 Å². The van der Waals surface area contributed by atoms with E-state index in [9.17, 15) is 9.18 Å². The van der Waals surface area contributed by atoms with E-state index in [0.29, 0.717) is 30.8 Å². The van der Waals surface area contributed by atoms with E-state index in [-0.39, 0.29) is 16.3 Å². The number of hydrogen-bond acceptors (Lipinski definition) is 7. The molecule has 0 radical (unpaired) electrons. The van der Waals surface area contributed by atoms with Gasteiger partial charge in [-0.3, -0.25) is 14.7 Å². The Morgan fingerprint density at radius 3 is 2.74 bits per heavy atom. The molecule has 2 aliphatic rings. The number of nitrogens with one attached hydrogen (secondary N) is 1. The maximum atomic E-state index is 14.7. The van der Waals surface area contributed by atoms with Gasteiger partial charge in [-0.1, -0.05) is 17.7 Å². The smallest absolute Gasteiger partial charge is 0.270 e. The van der Waals surface area contributed by atoms with Crippen molar-refractivity contribution in [3.8, 4) is 5.69 Å². The van der Waals surface area contributed by atoms with Crippen LogP contribution in [0.5, 0.6) is 0 Å². The summed E-state index contributed by atoms with van der Waals surface area (Å²) in [6, 6.07) is 11.9. The van der Waals surface area contributed by atoms with E-state index in [1.54, 1.807) is 17.4 Å². The molecule has 4 aromatic rings. The Labute approximate surface area is 198 Å². The van der Waals surface area contributed by atoms with E-state index in [2.05, 4.69) is 25.3 Å². The Morgan fingerprint density at radius 2 is 1.97 bits per heavy atom. The van der Waals surface area contributed by atoms with Crippen molar-refractivity contribution in [1.29, 1.82) is 0 Å². The van der Waals surface area contributed by atoms with Crippen molar-refractivity contribution in [2.24, 2.45) is 4.99 Å². The van der Waals surface area contributed by atoms with Crippen molar-refractivity contribution in [1.82, 2.24) is 19.5 Å². The topological polar surface area (TPSA) is 91.5 Å². The van der Waals surface area contributed by atoms with E-state index in [0.717, 1.165) is 11.4 Å². The third kappa shape index (κ3) is 3.27. The van der Waals surface area contributed by atoms with Gasteiger partial charge in [0.25, 0.3) is 5.91 Å². The van der Waals surface area contributed by atoms with E-state index in [1.807, 2.05) is 35.0 Å². The summed E-state index contributed by atoms with van der Waals surface area (Å²) >= 11 is 6.25. The highest BCUT2D eigenvalue weighted by Crippen LogP contribution is 2.37. The van der Waals surface area contributed by atoms with Gasteiger partial charge in [0.2, 0.25) is 11.9 Å². The Balaban J connectivity index is 1.33. The summed E-state index contributed by atoms with van der Waals surface area (Å²) in [5, 5.41) is 3.28. The van der Waals surface area contributed by atoms with Crippen LogP contribution in [-0.2, 0) is 0 Å². The minimum absolute atomic E-state index is 0.0364. The predicted octanol–water partition coefficient (Wildman–Crippen LogP) is 4.03. The maximum absolute atomic E-state index is 14.7. The molecule has 6 rings (SSSR count). The van der Waals surface area contributed by atoms with Crippen molar-refractivity contribution in [2.45, 2.75) is 0 Å². The number of guanidine groups is 1. The number of imidazole rings is 1. The molecule has 0 fully saturated rings. The third-order valence-corrected chi connectivity index (χ3v) is 5.87. The molecule has 1 N–H and O–H groups in total. The lowest BCUT2D eigenvalue weighted by Crippen LogP contribution is -2.51. The molecule has 0 atom stereocenters. The first-order chi connectivity index (χ1) is 16.6. The van der Waals surface area contributed by atoms with Crippen LogP contribution in [0.1, 0.15) is 10.4 Å². The van der Waals surface area contributed by atoms with Crippen LogP contribution in [0.2, 0.25) is 5.02 Å². The third-order valence-electron chi connectivity index (χ3n) is 5.56. The molecule has 0 aliphatic carbocycles. The molecule has 2 aromatic carbocycles. The van der Waals surface area contributed by atoms with Gasteiger partial charge in [-0.05, 0) is 36.4 Å². The molecule has 11 heteroatoms. The first kappa shape index (κ1) is 20.3. The average molecular weight is 475 g/mol. The number of carbonyl (C=O) groups excluding carboxylic acids is 1. The van der Waals surface area contributed by atoms with Gasteiger partial charge in [-0.15, -0.1) is 0 Å². The van der Waals surface area contributed by atoms with Crippen molar-refractivity contribution >= 4 is 46.6 Å². The Hall–Kier alpha value is -4.31. The number of rotatable bonds is 4. The van der Waals surface area contributed by atoms with Crippen LogP contribution in [0.25, 0.3) is 5.69 Å². The molecule has 0 unspecified atom stereocenters. The summed E-state index contributed by atoms with van der Waals surface area (Å²) in [7, 11) is 0. The zero-order chi connectivity index (χ0) is 23.2. The number of para-hydroxylation sites is 1. The summed E-state index contributed by atoms with van der Waals surface area (Å²) in [4.78, 5) is 33.7. The lowest BCUT2D eigenvalue weighted by molar-refractivity contribution is 0.0999. The van der Waals surface area contributed by atoms with Crippen LogP contribution in [-0.4, -0.2) is 44.5 Å². The van der Waals surface area contributed by atoms with Gasteiger partial charge in [0.05, 0.1) is 17.9 Å². The number of aliphatic imine (C=N–C) groups is 1. The van der Waals surface area contributed by atoms with Crippen LogP contribution in [0.4, 0.5) is 27.5 Å². The number of amides is 1. The summed E-state index contributed by atoms with van der Waals surface area (Å²) in [5.41, 5.74) is 1.94. The molecule has 0 spiro atoms. The molecule has 34 heavy (non-hydrogen) atoms. The first-order valence-electron chi connectivity index (χ1n) is 10.4. The molecule has 1 amide bonds. The summed E-state index contributed by atoms with van der Waals surface area (Å²) in [5.74, 6) is -0.0748. The Morgan fingerprint density at radius 1 is 1.12 bits per heavy atom. The number of aromatic nitrogens is 4. The second-order valence-electron chi connectivity index (χ2n) is 7.62. The molecule has 9 nitrogen and oxygen atoms in total. The van der Waals surface area contributed by atoms with Crippen LogP contribution in [0.3, 0.4) is 0 Å². The minimum Gasteiger partial charge on any atom is -0.324 e. The highest BCUT2D eigenvalue weighted by molar-refractivity contribution is 6.38. The van der Waals surface area contributed by atoms with Gasteiger partial charge >= 0.3 is 0 Å². The van der Waals surface area contributed by atoms with Crippen LogP contribution >= 0.6 is 11.6 Å². The van der Waals surface area contributed by atoms with Gasteiger partial charge < -0.3 is 9.88 Å². The number of benzene rings is 2. The second-order valence-corrected chi connectivity index (χ2v) is 8.02. The predicted molar refractivity (Wildman–Crippen MR) is 127 cm³/mol. The first-order valence-corrected chi connectivity index (χ1v) is 10.8. The Kier molecular flexibility index (Phi) is 4.73. The highest BCUT2D eigenvalue weighted by Gasteiger charge is 2.41. The zero-order valence-corrected chi connectivity index (χ0v) is 18.3. The van der Waals surface area contributed by atoms with Crippen molar-refractivity contribution in [3.05, 3.63) is 83.8 Å². The van der Waals surface area contributed by atoms with E-state index < -0.39 is 11.7 Å². The molecule has 168 valence electrons. The number of fused-ring (bicyclic) bond motifs is 3. The van der Waals surface area contributed by atoms with Gasteiger partial charge in [0.15, 0.2) is 5.82 Å². The van der Waals surface area contributed by atoms with E-state index in [4.69, 9.17) is 11.6 Å². The van der Waals surface area contributed by atoms with Crippen LogP contribution in [0.15, 0.2) is 72.4 Å². The van der Waals surface area contributed by atoms with Gasteiger partial charge in [-0.2, -0.15) is 4.98 Å². The fourth-order valence-electron chi connectivity index (χ4n) is 3.99. The lowest BCUT2D eigenvalue weighted by atomic mass is 10.1. The number of halogens is 2. The molecular formula is C23H16ClFN8O. The molecule has 0 saturated carbocycles. The Bertz CT molecular complexity index is 1420. The van der Waals surface area contributed by atoms with Crippen LogP contribution < -0.4 is 15.1 Å². The van der Waals surface area contributed by atoms with Crippen molar-refractivity contribution in [3.63, 3.8) is 0 Å². The van der Waals surface area contributed by atoms with E-state index in [1.165, 1.54) is 29.3 Å². The summed E-state index contributed by atoms with van der Waals surface area (Å²) in [6.45, 7) is 0.932. The highest BCUT2D eigenvalue weighted by atomic mass is 35.5. The fraction of sp³-hybridized carbons (Fsp3) is 0.0870. The second kappa shape index (κ2) is 7.92. The van der Waals surface area contributed by atoms with Crippen molar-refractivity contribution < 1.29 is 9.18 Å². The summed E-state index contributed by atoms with van der Waals surface area (Å²) in [6.07, 6.45) is 6.73. The zero-order valence-electron chi connectivity index (χ0n) is 17.6. The standard InChI is InChI=1S/C23H16ClFN8O/c24-17-2-1-3-18(25)19(17)33-21(34)16-12-28-22(30-20(16)32-11-9-27-23(32)33)29-14-4-6-15(7-5-14)31-10-8-26-13-31/h1-8,10,12-13H,9,11H2,(H,28,29,30). The number of anilines is 4. The van der Waals surface area contributed by atoms with Gasteiger partial charge in [0, 0.05) is 36.5 Å². The molecule has 4 heterocycles. The summed E-state index contributed by atoms with van der Waals surface area (Å²) < 4.78 is 16.6. The fourth-order valence-corrected chi connectivity index (χ4v) is 4.24.